The highest BCUT2D eigenvalue weighted by Crippen LogP contribution is 2.44. The topological polar surface area (TPSA) is 95.6 Å². The summed E-state index contributed by atoms with van der Waals surface area (Å²) in [6.45, 7) is 0. The first-order chi connectivity index (χ1) is 13.3. The number of hydrogen-bond donors (Lipinski definition) is 2. The lowest BCUT2D eigenvalue weighted by Crippen LogP contribution is -2.57. The zero-order valence-electron chi connectivity index (χ0n) is 14.8. The van der Waals surface area contributed by atoms with Crippen molar-refractivity contribution >= 4 is 23.6 Å². The van der Waals surface area contributed by atoms with E-state index in [-0.39, 0.29) is 42.0 Å². The van der Waals surface area contributed by atoms with E-state index < -0.39 is 46.9 Å². The molecule has 4 fully saturated rings. The molecule has 6 rings (SSSR count). The number of rotatable bonds is 2. The van der Waals surface area contributed by atoms with Crippen molar-refractivity contribution in [3.8, 4) is 0 Å². The molecule has 1 aromatic rings. The highest BCUT2D eigenvalue weighted by molar-refractivity contribution is 6.24. The van der Waals surface area contributed by atoms with Crippen LogP contribution in [-0.2, 0) is 9.59 Å². The lowest BCUT2D eigenvalue weighted by molar-refractivity contribution is -0.136. The largest absolute Gasteiger partial charge is 0.311 e. The van der Waals surface area contributed by atoms with E-state index in [1.54, 1.807) is 0 Å². The molecule has 1 aliphatic carbocycles. The lowest BCUT2D eigenvalue weighted by Gasteiger charge is -2.47. The summed E-state index contributed by atoms with van der Waals surface area (Å²) < 4.78 is 29.3. The molecular formula is C19H17F2N3O4. The van der Waals surface area contributed by atoms with Gasteiger partial charge in [0.15, 0.2) is 0 Å². The number of amides is 4. The van der Waals surface area contributed by atoms with Crippen LogP contribution < -0.4 is 10.6 Å². The summed E-state index contributed by atoms with van der Waals surface area (Å²) >= 11 is 0. The minimum atomic E-state index is -1.21. The van der Waals surface area contributed by atoms with Crippen LogP contribution in [0.2, 0.25) is 0 Å². The smallest absolute Gasteiger partial charge is 0.265 e. The third kappa shape index (κ3) is 2.35. The fourth-order valence-electron chi connectivity index (χ4n) is 5.01. The van der Waals surface area contributed by atoms with Crippen molar-refractivity contribution in [1.29, 1.82) is 0 Å². The number of fused-ring (bicyclic) bond motifs is 3. The zero-order chi connectivity index (χ0) is 19.7. The van der Waals surface area contributed by atoms with Crippen LogP contribution in [0.25, 0.3) is 0 Å². The van der Waals surface area contributed by atoms with Gasteiger partial charge in [0.05, 0.1) is 11.1 Å². The van der Waals surface area contributed by atoms with Gasteiger partial charge in [-0.05, 0) is 31.6 Å². The Hall–Kier alpha value is -2.68. The van der Waals surface area contributed by atoms with Gasteiger partial charge in [0.1, 0.15) is 17.7 Å². The molecule has 0 radical (unpaired) electrons. The van der Waals surface area contributed by atoms with Gasteiger partial charge in [0.2, 0.25) is 11.8 Å². The summed E-state index contributed by atoms with van der Waals surface area (Å²) in [5.74, 6) is -5.33. The molecule has 28 heavy (non-hydrogen) atoms. The lowest BCUT2D eigenvalue weighted by atomic mass is 9.72. The third-order valence-electron chi connectivity index (χ3n) is 6.24. The Morgan fingerprint density at radius 1 is 0.929 bits per heavy atom. The highest BCUT2D eigenvalue weighted by atomic mass is 19.1. The maximum absolute atomic E-state index is 14.8. The molecule has 9 heteroatoms. The van der Waals surface area contributed by atoms with Crippen molar-refractivity contribution in [1.82, 2.24) is 15.5 Å². The van der Waals surface area contributed by atoms with E-state index in [0.29, 0.717) is 23.8 Å². The Kier molecular flexibility index (Phi) is 3.67. The van der Waals surface area contributed by atoms with Crippen molar-refractivity contribution in [3.05, 3.63) is 34.4 Å². The summed E-state index contributed by atoms with van der Waals surface area (Å²) in [6, 6.07) is -0.104. The first kappa shape index (κ1) is 17.4. The molecule has 1 saturated carbocycles. The number of piperidine rings is 2. The predicted octanol–water partition coefficient (Wildman–Crippen LogP) is 0.974. The van der Waals surface area contributed by atoms with Crippen molar-refractivity contribution in [2.45, 2.75) is 56.1 Å². The standard InChI is InChI=1S/C19H17F2N3O4/c20-10-6-11(21)15-16(14(10)7-3-8-5-9(4-7)22-8)19(28)24(18(15)27)12-1-2-13(25)23-17(12)26/h6-9,12,22H,1-5H2,(H,23,25,26). The van der Waals surface area contributed by atoms with E-state index in [4.69, 9.17) is 0 Å². The van der Waals surface area contributed by atoms with Crippen LogP contribution in [0.1, 0.15) is 64.3 Å². The minimum Gasteiger partial charge on any atom is -0.311 e. The van der Waals surface area contributed by atoms with E-state index in [0.717, 1.165) is 6.42 Å². The number of imide groups is 2. The Balaban J connectivity index is 1.58. The zero-order valence-corrected chi connectivity index (χ0v) is 14.8. The van der Waals surface area contributed by atoms with Crippen LogP contribution in [-0.4, -0.2) is 46.7 Å². The van der Waals surface area contributed by atoms with Gasteiger partial charge in [-0.1, -0.05) is 0 Å². The molecule has 3 unspecified atom stereocenters. The van der Waals surface area contributed by atoms with Crippen LogP contribution in [0, 0.1) is 11.6 Å². The van der Waals surface area contributed by atoms with E-state index in [1.165, 1.54) is 0 Å². The second-order valence-corrected chi connectivity index (χ2v) is 7.92. The van der Waals surface area contributed by atoms with E-state index >= 15 is 0 Å². The van der Waals surface area contributed by atoms with Crippen molar-refractivity contribution in [2.75, 3.05) is 0 Å². The Morgan fingerprint density at radius 2 is 1.57 bits per heavy atom. The molecule has 0 aromatic heterocycles. The molecular weight excluding hydrogens is 372 g/mol. The summed E-state index contributed by atoms with van der Waals surface area (Å²) in [4.78, 5) is 50.1. The predicted molar refractivity (Wildman–Crippen MR) is 90.3 cm³/mol. The second-order valence-electron chi connectivity index (χ2n) is 7.92. The molecule has 2 N–H and O–H groups in total. The maximum atomic E-state index is 14.8. The Morgan fingerprint density at radius 3 is 2.21 bits per heavy atom. The summed E-state index contributed by atoms with van der Waals surface area (Å²) in [6.07, 6.45) is 2.12. The van der Waals surface area contributed by atoms with Gasteiger partial charge in [-0.3, -0.25) is 29.4 Å². The van der Waals surface area contributed by atoms with Gasteiger partial charge in [-0.25, -0.2) is 8.78 Å². The van der Waals surface area contributed by atoms with Crippen LogP contribution in [0.4, 0.5) is 8.78 Å². The van der Waals surface area contributed by atoms with Gasteiger partial charge in [0, 0.05) is 30.1 Å². The number of carbonyl (C=O) groups excluding carboxylic acids is 4. The SMILES string of the molecule is O=C1CCC(N2C(=O)c3c(F)cc(F)c(C4CC5CC(C4)N5)c3C2=O)C(=O)N1. The molecule has 1 aromatic carbocycles. The number of hydrogen-bond acceptors (Lipinski definition) is 5. The molecule has 4 heterocycles. The van der Waals surface area contributed by atoms with Gasteiger partial charge in [-0.15, -0.1) is 0 Å². The van der Waals surface area contributed by atoms with Crippen LogP contribution in [0.3, 0.4) is 0 Å². The molecule has 4 aliphatic heterocycles. The first-order valence-electron chi connectivity index (χ1n) is 9.34. The molecule has 3 atom stereocenters. The van der Waals surface area contributed by atoms with E-state index in [9.17, 15) is 28.0 Å². The molecule has 5 aliphatic rings. The maximum Gasteiger partial charge on any atom is 0.265 e. The average Bonchev–Trinajstić information content (AvgIpc) is 2.86. The molecule has 0 spiro atoms. The Labute approximate surface area is 158 Å². The minimum absolute atomic E-state index is 0.0347. The molecule has 7 nitrogen and oxygen atoms in total. The molecule has 2 bridgehead atoms. The number of nitrogens with one attached hydrogen (secondary N) is 2. The fourth-order valence-corrected chi connectivity index (χ4v) is 5.01. The monoisotopic (exact) mass is 389 g/mol. The average molecular weight is 389 g/mol. The summed E-state index contributed by atoms with van der Waals surface area (Å²) in [5.41, 5.74) is -0.669. The molecule has 3 saturated heterocycles. The fraction of sp³-hybridized carbons (Fsp3) is 0.474. The third-order valence-corrected chi connectivity index (χ3v) is 6.24. The first-order valence-corrected chi connectivity index (χ1v) is 9.34. The van der Waals surface area contributed by atoms with Crippen LogP contribution in [0.15, 0.2) is 6.07 Å². The number of halogens is 2. The van der Waals surface area contributed by atoms with Gasteiger partial charge in [0.25, 0.3) is 11.8 Å². The molecule has 4 amide bonds. The quantitative estimate of drug-likeness (QED) is 0.735. The van der Waals surface area contributed by atoms with Crippen LogP contribution in [0.5, 0.6) is 0 Å². The van der Waals surface area contributed by atoms with Crippen molar-refractivity contribution in [2.24, 2.45) is 0 Å². The van der Waals surface area contributed by atoms with Crippen molar-refractivity contribution in [3.63, 3.8) is 0 Å². The number of carbonyl (C=O) groups is 4. The van der Waals surface area contributed by atoms with Crippen molar-refractivity contribution < 1.29 is 28.0 Å². The summed E-state index contributed by atoms with van der Waals surface area (Å²) in [5, 5.41) is 5.41. The van der Waals surface area contributed by atoms with Crippen LogP contribution >= 0.6 is 0 Å². The number of benzene rings is 1. The van der Waals surface area contributed by atoms with Gasteiger partial charge in [-0.2, -0.15) is 0 Å². The summed E-state index contributed by atoms with van der Waals surface area (Å²) in [7, 11) is 0. The number of nitrogens with zero attached hydrogens (tertiary/aromatic N) is 1. The van der Waals surface area contributed by atoms with E-state index in [2.05, 4.69) is 10.6 Å². The highest BCUT2D eigenvalue weighted by Gasteiger charge is 2.49. The normalized spacial score (nSPS) is 31.6. The van der Waals surface area contributed by atoms with E-state index in [1.807, 2.05) is 0 Å². The second kappa shape index (κ2) is 5.91. The van der Waals surface area contributed by atoms with Gasteiger partial charge >= 0.3 is 0 Å². The molecule has 146 valence electrons. The Bertz CT molecular complexity index is 947. The van der Waals surface area contributed by atoms with Gasteiger partial charge < -0.3 is 5.32 Å².